The maximum Gasteiger partial charge on any atom is 0.255 e. The predicted octanol–water partition coefficient (Wildman–Crippen LogP) is 3.88. The van der Waals surface area contributed by atoms with Gasteiger partial charge in [0.05, 0.1) is 10.0 Å². The summed E-state index contributed by atoms with van der Waals surface area (Å²) in [5, 5.41) is 3.56. The van der Waals surface area contributed by atoms with Gasteiger partial charge in [0.25, 0.3) is 5.91 Å². The Morgan fingerprint density at radius 2 is 1.95 bits per heavy atom. The fourth-order valence-electron chi connectivity index (χ4n) is 1.74. The van der Waals surface area contributed by atoms with Gasteiger partial charge in [0.15, 0.2) is 0 Å². The summed E-state index contributed by atoms with van der Waals surface area (Å²) in [7, 11) is 1.64. The largest absolute Gasteiger partial charge is 0.398 e. The second-order valence-electron chi connectivity index (χ2n) is 4.31. The molecule has 108 valence electrons. The number of benzene rings is 2. The van der Waals surface area contributed by atoms with Crippen LogP contribution in [0.25, 0.3) is 0 Å². The smallest absolute Gasteiger partial charge is 0.255 e. The average Bonchev–Trinajstić information content (AvgIpc) is 2.45. The summed E-state index contributed by atoms with van der Waals surface area (Å²) >= 11 is 11.7. The number of hydrogen-bond donors (Lipinski definition) is 2. The lowest BCUT2D eigenvalue weighted by molar-refractivity contribution is 0.102. The third-order valence-electron chi connectivity index (χ3n) is 2.79. The Balaban J connectivity index is 2.24. The Kier molecular flexibility index (Phi) is 4.83. The maximum atomic E-state index is 12.2. The number of carbonyl (C=O) groups is 1. The molecular formula is C15H13Cl2N3O. The Labute approximate surface area is 132 Å². The standard InChI is InChI=1S/C15H13Cl2N3O/c1-19-8-10-6-9(2-5-14(10)18)15(21)20-11-3-4-12(16)13(17)7-11/h2-8H,18H2,1H3,(H,20,21). The van der Waals surface area contributed by atoms with Crippen molar-refractivity contribution >= 4 is 46.7 Å². The van der Waals surface area contributed by atoms with Crippen LogP contribution in [-0.2, 0) is 0 Å². The molecule has 0 aromatic heterocycles. The molecule has 3 N–H and O–H groups in total. The van der Waals surface area contributed by atoms with Crippen molar-refractivity contribution in [3.05, 3.63) is 57.6 Å². The van der Waals surface area contributed by atoms with Gasteiger partial charge in [-0.1, -0.05) is 23.2 Å². The van der Waals surface area contributed by atoms with Crippen LogP contribution in [-0.4, -0.2) is 19.2 Å². The van der Waals surface area contributed by atoms with E-state index in [1.165, 1.54) is 0 Å². The molecule has 0 unspecified atom stereocenters. The van der Waals surface area contributed by atoms with Crippen molar-refractivity contribution in [3.63, 3.8) is 0 Å². The van der Waals surface area contributed by atoms with Gasteiger partial charge >= 0.3 is 0 Å². The number of anilines is 2. The second kappa shape index (κ2) is 6.61. The SMILES string of the molecule is CN=Cc1cc(C(=O)Nc2ccc(Cl)c(Cl)c2)ccc1N. The highest BCUT2D eigenvalue weighted by atomic mass is 35.5. The number of nitrogens with one attached hydrogen (secondary N) is 1. The van der Waals surface area contributed by atoms with Gasteiger partial charge in [0.2, 0.25) is 0 Å². The molecular weight excluding hydrogens is 309 g/mol. The summed E-state index contributed by atoms with van der Waals surface area (Å²) in [4.78, 5) is 16.1. The van der Waals surface area contributed by atoms with Crippen molar-refractivity contribution in [1.82, 2.24) is 0 Å². The Morgan fingerprint density at radius 3 is 2.62 bits per heavy atom. The molecule has 0 saturated carbocycles. The molecule has 2 aromatic carbocycles. The number of nitrogens with two attached hydrogens (primary N) is 1. The number of hydrogen-bond acceptors (Lipinski definition) is 3. The molecule has 1 amide bonds. The third-order valence-corrected chi connectivity index (χ3v) is 3.53. The normalized spacial score (nSPS) is 10.8. The summed E-state index contributed by atoms with van der Waals surface area (Å²) in [6, 6.07) is 9.88. The minimum Gasteiger partial charge on any atom is -0.398 e. The first-order chi connectivity index (χ1) is 10.0. The first-order valence-electron chi connectivity index (χ1n) is 6.09. The van der Waals surface area contributed by atoms with Crippen molar-refractivity contribution < 1.29 is 4.79 Å². The number of nitrogen functional groups attached to an aromatic ring is 1. The van der Waals surface area contributed by atoms with Crippen LogP contribution in [0.15, 0.2) is 41.4 Å². The van der Waals surface area contributed by atoms with Crippen LogP contribution in [0.2, 0.25) is 10.0 Å². The highest BCUT2D eigenvalue weighted by Crippen LogP contribution is 2.25. The molecule has 0 spiro atoms. The third kappa shape index (κ3) is 3.74. The molecule has 2 aromatic rings. The fraction of sp³-hybridized carbons (Fsp3) is 0.0667. The number of amides is 1. The van der Waals surface area contributed by atoms with Gasteiger partial charge in [-0.15, -0.1) is 0 Å². The van der Waals surface area contributed by atoms with Crippen LogP contribution in [0.1, 0.15) is 15.9 Å². The van der Waals surface area contributed by atoms with E-state index in [0.717, 1.165) is 0 Å². The summed E-state index contributed by atoms with van der Waals surface area (Å²) in [6.45, 7) is 0. The van der Waals surface area contributed by atoms with Crippen molar-refractivity contribution in [1.29, 1.82) is 0 Å². The van der Waals surface area contributed by atoms with Crippen LogP contribution in [0.3, 0.4) is 0 Å². The van der Waals surface area contributed by atoms with Crippen molar-refractivity contribution in [3.8, 4) is 0 Å². The van der Waals surface area contributed by atoms with Crippen molar-refractivity contribution in [2.45, 2.75) is 0 Å². The van der Waals surface area contributed by atoms with Crippen LogP contribution >= 0.6 is 23.2 Å². The van der Waals surface area contributed by atoms with Crippen LogP contribution in [0.4, 0.5) is 11.4 Å². The molecule has 4 nitrogen and oxygen atoms in total. The highest BCUT2D eigenvalue weighted by Gasteiger charge is 2.09. The minimum atomic E-state index is -0.265. The molecule has 6 heteroatoms. The summed E-state index contributed by atoms with van der Waals surface area (Å²) in [5.74, 6) is -0.265. The number of nitrogens with zero attached hydrogens (tertiary/aromatic N) is 1. The molecule has 2 rings (SSSR count). The van der Waals surface area contributed by atoms with Crippen molar-refractivity contribution in [2.75, 3.05) is 18.1 Å². The van der Waals surface area contributed by atoms with E-state index in [2.05, 4.69) is 10.3 Å². The average molecular weight is 322 g/mol. The summed E-state index contributed by atoms with van der Waals surface area (Å²) < 4.78 is 0. The number of carbonyl (C=O) groups excluding carboxylic acids is 1. The van der Waals surface area contributed by atoms with E-state index in [1.807, 2.05) is 0 Å². The van der Waals surface area contributed by atoms with Gasteiger partial charge in [-0.2, -0.15) is 0 Å². The highest BCUT2D eigenvalue weighted by molar-refractivity contribution is 6.42. The second-order valence-corrected chi connectivity index (χ2v) is 5.13. The van der Waals surface area contributed by atoms with E-state index >= 15 is 0 Å². The number of aliphatic imine (C=N–C) groups is 1. The zero-order valence-electron chi connectivity index (χ0n) is 11.2. The summed E-state index contributed by atoms with van der Waals surface area (Å²) in [6.07, 6.45) is 1.60. The molecule has 0 radical (unpaired) electrons. The molecule has 0 aliphatic heterocycles. The van der Waals surface area contributed by atoms with E-state index in [1.54, 1.807) is 49.7 Å². The van der Waals surface area contributed by atoms with Crippen molar-refractivity contribution in [2.24, 2.45) is 4.99 Å². The van der Waals surface area contributed by atoms with E-state index < -0.39 is 0 Å². The number of halogens is 2. The van der Waals surface area contributed by atoms with Gasteiger partial charge in [0, 0.05) is 35.8 Å². The van der Waals surface area contributed by atoms with Gasteiger partial charge < -0.3 is 11.1 Å². The van der Waals surface area contributed by atoms with E-state index in [0.29, 0.717) is 32.5 Å². The summed E-state index contributed by atoms with van der Waals surface area (Å²) in [5.41, 5.74) is 8.11. The Hall–Kier alpha value is -2.04. The van der Waals surface area contributed by atoms with Crippen LogP contribution < -0.4 is 11.1 Å². The lowest BCUT2D eigenvalue weighted by Crippen LogP contribution is -2.12. The van der Waals surface area contributed by atoms with Gasteiger partial charge in [-0.3, -0.25) is 9.79 Å². The lowest BCUT2D eigenvalue weighted by Gasteiger charge is -2.08. The van der Waals surface area contributed by atoms with Crippen LogP contribution in [0, 0.1) is 0 Å². The molecule has 21 heavy (non-hydrogen) atoms. The molecule has 0 fully saturated rings. The molecule has 0 saturated heterocycles. The van der Waals surface area contributed by atoms with E-state index in [-0.39, 0.29) is 5.91 Å². The van der Waals surface area contributed by atoms with Gasteiger partial charge in [0.1, 0.15) is 0 Å². The first-order valence-corrected chi connectivity index (χ1v) is 6.85. The zero-order valence-corrected chi connectivity index (χ0v) is 12.7. The topological polar surface area (TPSA) is 67.5 Å². The van der Waals surface area contributed by atoms with E-state index in [9.17, 15) is 4.79 Å². The molecule has 0 aliphatic rings. The van der Waals surface area contributed by atoms with E-state index in [4.69, 9.17) is 28.9 Å². The fourth-order valence-corrected chi connectivity index (χ4v) is 2.04. The quantitative estimate of drug-likeness (QED) is 0.665. The Bertz CT molecular complexity index is 714. The lowest BCUT2D eigenvalue weighted by atomic mass is 10.1. The predicted molar refractivity (Wildman–Crippen MR) is 88.8 cm³/mol. The Morgan fingerprint density at radius 1 is 1.19 bits per heavy atom. The molecule has 0 bridgehead atoms. The minimum absolute atomic E-state index is 0.265. The monoisotopic (exact) mass is 321 g/mol. The molecule has 0 aliphatic carbocycles. The maximum absolute atomic E-state index is 12.2. The van der Waals surface area contributed by atoms with Crippen LogP contribution in [0.5, 0.6) is 0 Å². The van der Waals surface area contributed by atoms with Gasteiger partial charge in [-0.25, -0.2) is 0 Å². The zero-order chi connectivity index (χ0) is 15.4. The van der Waals surface area contributed by atoms with Gasteiger partial charge in [-0.05, 0) is 36.4 Å². The first kappa shape index (κ1) is 15.4. The number of rotatable bonds is 3. The molecule has 0 atom stereocenters. The molecule has 0 heterocycles.